The predicted molar refractivity (Wildman–Crippen MR) is 146 cm³/mol. The fourth-order valence-electron chi connectivity index (χ4n) is 4.03. The Balaban J connectivity index is 1.77. The van der Waals surface area contributed by atoms with Crippen LogP contribution in [0.15, 0.2) is 46.2 Å². The van der Waals surface area contributed by atoms with Gasteiger partial charge in [0.2, 0.25) is 5.88 Å². The molecule has 0 aliphatic carbocycles. The summed E-state index contributed by atoms with van der Waals surface area (Å²) in [6.45, 7) is 8.59. The minimum Gasteiger partial charge on any atom is -0.438 e. The first kappa shape index (κ1) is 25.1. The first-order valence-electron chi connectivity index (χ1n) is 11.8. The first-order chi connectivity index (χ1) is 16.8. The average Bonchev–Trinajstić information content (AvgIpc) is 3.08. The maximum Gasteiger partial charge on any atom is 0.269 e. The molecule has 0 N–H and O–H groups in total. The van der Waals surface area contributed by atoms with Crippen molar-refractivity contribution in [2.75, 3.05) is 6.54 Å². The number of aromatic nitrogens is 2. The van der Waals surface area contributed by atoms with Gasteiger partial charge in [0, 0.05) is 12.7 Å². The number of benzene rings is 1. The van der Waals surface area contributed by atoms with Gasteiger partial charge in [-0.05, 0) is 56.5 Å². The highest BCUT2D eigenvalue weighted by atomic mass is 32.2. The lowest BCUT2D eigenvalue weighted by Gasteiger charge is -2.14. The van der Waals surface area contributed by atoms with Crippen LogP contribution in [-0.2, 0) is 4.79 Å². The van der Waals surface area contributed by atoms with E-state index in [1.165, 1.54) is 16.2 Å². The van der Waals surface area contributed by atoms with E-state index < -0.39 is 0 Å². The number of fused-ring (bicyclic) bond motifs is 1. The number of amides is 1. The second-order valence-corrected chi connectivity index (χ2v) is 10.5. The molecular weight excluding hydrogens is 478 g/mol. The van der Waals surface area contributed by atoms with Crippen LogP contribution < -0.4 is 10.3 Å². The van der Waals surface area contributed by atoms with Gasteiger partial charge < -0.3 is 4.74 Å². The number of unbranched alkanes of at least 4 members (excludes halogenated alkanes) is 3. The number of hydrogen-bond donors (Lipinski definition) is 0. The third-order valence-corrected chi connectivity index (χ3v) is 7.35. The zero-order chi connectivity index (χ0) is 25.1. The Hall–Kier alpha value is -2.97. The fourth-order valence-corrected chi connectivity index (χ4v) is 5.32. The molecule has 1 fully saturated rings. The molecule has 4 rings (SSSR count). The maximum atomic E-state index is 13.6. The predicted octanol–water partition coefficient (Wildman–Crippen LogP) is 6.19. The van der Waals surface area contributed by atoms with Crippen molar-refractivity contribution in [2.24, 2.45) is 0 Å². The molecule has 1 aromatic carbocycles. The van der Waals surface area contributed by atoms with Gasteiger partial charge in [0.05, 0.1) is 4.91 Å². The van der Waals surface area contributed by atoms with Crippen LogP contribution in [0.5, 0.6) is 11.6 Å². The molecule has 0 radical (unpaired) electrons. The molecule has 1 aliphatic rings. The molecule has 6 nitrogen and oxygen atoms in total. The smallest absolute Gasteiger partial charge is 0.269 e. The Kier molecular flexibility index (Phi) is 7.72. The van der Waals surface area contributed by atoms with Gasteiger partial charge in [0.15, 0.2) is 0 Å². The molecule has 8 heteroatoms. The lowest BCUT2D eigenvalue weighted by Crippen LogP contribution is -2.29. The summed E-state index contributed by atoms with van der Waals surface area (Å²) in [5.41, 5.74) is 3.32. The van der Waals surface area contributed by atoms with Crippen molar-refractivity contribution >= 4 is 45.9 Å². The molecule has 1 aliphatic heterocycles. The Morgan fingerprint density at radius 2 is 1.89 bits per heavy atom. The highest BCUT2D eigenvalue weighted by Crippen LogP contribution is 2.35. The van der Waals surface area contributed by atoms with E-state index in [2.05, 4.69) is 6.92 Å². The van der Waals surface area contributed by atoms with Gasteiger partial charge in [-0.1, -0.05) is 73.9 Å². The second-order valence-electron chi connectivity index (χ2n) is 8.79. The third kappa shape index (κ3) is 5.33. The molecule has 1 amide bonds. The monoisotopic (exact) mass is 507 g/mol. The SMILES string of the molecule is CCCCCCN1C(=O)/C(=C\c2c(Oc3ccc(C)cc3C)nc3c(C)cccn3c2=O)SC1=S. The van der Waals surface area contributed by atoms with E-state index in [1.807, 2.05) is 45.0 Å². The number of aryl methyl sites for hydroxylation is 3. The zero-order valence-corrected chi connectivity index (χ0v) is 22.1. The Morgan fingerprint density at radius 3 is 2.63 bits per heavy atom. The van der Waals surface area contributed by atoms with Crippen LogP contribution in [0, 0.1) is 20.8 Å². The van der Waals surface area contributed by atoms with Crippen molar-refractivity contribution in [1.29, 1.82) is 0 Å². The van der Waals surface area contributed by atoms with Crippen molar-refractivity contribution in [3.8, 4) is 11.6 Å². The topological polar surface area (TPSA) is 63.9 Å². The van der Waals surface area contributed by atoms with Gasteiger partial charge >= 0.3 is 0 Å². The molecule has 2 aromatic heterocycles. The van der Waals surface area contributed by atoms with E-state index >= 15 is 0 Å². The van der Waals surface area contributed by atoms with E-state index in [-0.39, 0.29) is 22.9 Å². The standard InChI is InChI=1S/C27H29N3O3S2/c1-5-6-7-8-13-30-26(32)22(35-27(30)34)16-20-24(33-21-12-11-17(2)15-19(21)4)28-23-18(3)10-9-14-29(23)25(20)31/h9-12,14-16H,5-8,13H2,1-4H3/b22-16+. The van der Waals surface area contributed by atoms with Crippen LogP contribution >= 0.6 is 24.0 Å². The Morgan fingerprint density at radius 1 is 1.09 bits per heavy atom. The zero-order valence-electron chi connectivity index (χ0n) is 20.5. The highest BCUT2D eigenvalue weighted by Gasteiger charge is 2.32. The van der Waals surface area contributed by atoms with Gasteiger partial charge in [-0.25, -0.2) is 0 Å². The van der Waals surface area contributed by atoms with Crippen molar-refractivity contribution in [3.05, 3.63) is 74.0 Å². The lowest BCUT2D eigenvalue weighted by molar-refractivity contribution is -0.122. The molecule has 3 heterocycles. The number of rotatable bonds is 8. The molecule has 1 saturated heterocycles. The number of ether oxygens (including phenoxy) is 1. The molecular formula is C27H29N3O3S2. The van der Waals surface area contributed by atoms with Crippen molar-refractivity contribution < 1.29 is 9.53 Å². The number of pyridine rings is 1. The van der Waals surface area contributed by atoms with Crippen LogP contribution in [0.2, 0.25) is 0 Å². The fraction of sp³-hybridized carbons (Fsp3) is 0.333. The number of hydrogen-bond acceptors (Lipinski definition) is 6. The number of thiocarbonyl (C=S) groups is 1. The summed E-state index contributed by atoms with van der Waals surface area (Å²) in [6.07, 6.45) is 7.45. The first-order valence-corrected chi connectivity index (χ1v) is 13.0. The van der Waals surface area contributed by atoms with E-state index in [4.69, 9.17) is 21.9 Å². The lowest BCUT2D eigenvalue weighted by atomic mass is 10.1. The summed E-state index contributed by atoms with van der Waals surface area (Å²) in [4.78, 5) is 33.4. The number of nitrogens with zero attached hydrogens (tertiary/aromatic N) is 3. The molecule has 0 unspecified atom stereocenters. The minimum atomic E-state index is -0.299. The molecule has 3 aromatic rings. The van der Waals surface area contributed by atoms with Crippen LogP contribution in [0.25, 0.3) is 11.7 Å². The van der Waals surface area contributed by atoms with E-state index in [0.717, 1.165) is 42.4 Å². The molecule has 0 saturated carbocycles. The van der Waals surface area contributed by atoms with Gasteiger partial charge in [-0.15, -0.1) is 0 Å². The molecule has 0 spiro atoms. The molecule has 182 valence electrons. The largest absolute Gasteiger partial charge is 0.438 e. The maximum absolute atomic E-state index is 13.6. The van der Waals surface area contributed by atoms with E-state index in [0.29, 0.717) is 27.2 Å². The van der Waals surface area contributed by atoms with Crippen molar-refractivity contribution in [1.82, 2.24) is 14.3 Å². The Bertz CT molecular complexity index is 1390. The Labute approximate surface area is 215 Å². The number of carbonyl (C=O) groups is 1. The minimum absolute atomic E-state index is 0.171. The summed E-state index contributed by atoms with van der Waals surface area (Å²) in [5.74, 6) is 0.603. The van der Waals surface area contributed by atoms with Gasteiger partial charge in [-0.2, -0.15) is 4.98 Å². The molecule has 35 heavy (non-hydrogen) atoms. The van der Waals surface area contributed by atoms with Crippen LogP contribution in [0.3, 0.4) is 0 Å². The summed E-state index contributed by atoms with van der Waals surface area (Å²) in [5, 5.41) is 0. The average molecular weight is 508 g/mol. The van der Waals surface area contributed by atoms with Gasteiger partial charge in [0.25, 0.3) is 11.5 Å². The van der Waals surface area contributed by atoms with Crippen LogP contribution in [0.1, 0.15) is 54.9 Å². The second kappa shape index (κ2) is 10.7. The van der Waals surface area contributed by atoms with E-state index in [9.17, 15) is 9.59 Å². The number of carbonyl (C=O) groups excluding carboxylic acids is 1. The summed E-state index contributed by atoms with van der Waals surface area (Å²) in [6, 6.07) is 9.52. The summed E-state index contributed by atoms with van der Waals surface area (Å²) < 4.78 is 8.20. The number of thioether (sulfide) groups is 1. The van der Waals surface area contributed by atoms with Crippen LogP contribution in [0.4, 0.5) is 0 Å². The van der Waals surface area contributed by atoms with Crippen molar-refractivity contribution in [3.63, 3.8) is 0 Å². The molecule has 0 bridgehead atoms. The van der Waals surface area contributed by atoms with Gasteiger partial charge in [0.1, 0.15) is 21.3 Å². The third-order valence-electron chi connectivity index (χ3n) is 5.97. The quantitative estimate of drug-likeness (QED) is 0.206. The molecule has 0 atom stereocenters. The van der Waals surface area contributed by atoms with Gasteiger partial charge in [-0.3, -0.25) is 18.9 Å². The summed E-state index contributed by atoms with van der Waals surface area (Å²) in [7, 11) is 0. The van der Waals surface area contributed by atoms with Crippen LogP contribution in [-0.4, -0.2) is 31.1 Å². The van der Waals surface area contributed by atoms with Crippen molar-refractivity contribution in [2.45, 2.75) is 53.4 Å². The normalized spacial score (nSPS) is 15.0. The van der Waals surface area contributed by atoms with E-state index in [1.54, 1.807) is 23.2 Å². The summed E-state index contributed by atoms with van der Waals surface area (Å²) >= 11 is 6.70. The highest BCUT2D eigenvalue weighted by molar-refractivity contribution is 8.26.